The topological polar surface area (TPSA) is 45.8 Å². The molecule has 28 heavy (non-hydrogen) atoms. The lowest BCUT2D eigenvalue weighted by Crippen LogP contribution is -2.43. The Balaban J connectivity index is 1.38. The van der Waals surface area contributed by atoms with Crippen LogP contribution in [0.5, 0.6) is 0 Å². The van der Waals surface area contributed by atoms with E-state index in [1.165, 1.54) is 16.7 Å². The minimum atomic E-state index is 0.587. The highest BCUT2D eigenvalue weighted by atomic mass is 32.1. The van der Waals surface area contributed by atoms with Crippen LogP contribution < -0.4 is 10.6 Å². The molecule has 2 N–H and O–H groups in total. The first-order valence-corrected chi connectivity index (χ1v) is 10.2. The Kier molecular flexibility index (Phi) is 8.71. The van der Waals surface area contributed by atoms with Gasteiger partial charge < -0.3 is 20.1 Å². The number of thiocarbonyl (C=S) groups is 1. The van der Waals surface area contributed by atoms with Gasteiger partial charge in [-0.2, -0.15) is 0 Å². The Morgan fingerprint density at radius 3 is 2.43 bits per heavy atom. The van der Waals surface area contributed by atoms with Crippen LogP contribution in [0.1, 0.15) is 16.7 Å². The maximum atomic E-state index is 5.89. The molecule has 1 aliphatic rings. The molecule has 0 amide bonds. The van der Waals surface area contributed by atoms with Crippen molar-refractivity contribution in [1.82, 2.24) is 15.5 Å². The third-order valence-corrected chi connectivity index (χ3v) is 5.03. The number of rotatable bonds is 9. The van der Waals surface area contributed by atoms with Gasteiger partial charge in [-0.15, -0.1) is 0 Å². The molecule has 5 nitrogen and oxygen atoms in total. The molecule has 1 heterocycles. The third kappa shape index (κ3) is 7.20. The second-order valence-corrected chi connectivity index (χ2v) is 7.22. The molecule has 0 saturated carbocycles. The van der Waals surface area contributed by atoms with Gasteiger partial charge in [0.25, 0.3) is 0 Å². The van der Waals surface area contributed by atoms with Crippen molar-refractivity contribution < 1.29 is 9.47 Å². The Morgan fingerprint density at radius 2 is 1.64 bits per heavy atom. The third-order valence-electron chi connectivity index (χ3n) is 4.74. The number of hydrogen-bond acceptors (Lipinski definition) is 4. The predicted octanol–water partition coefficient (Wildman–Crippen LogP) is 2.70. The zero-order valence-corrected chi connectivity index (χ0v) is 17.0. The second-order valence-electron chi connectivity index (χ2n) is 6.81. The molecule has 0 atom stereocenters. The Hall–Kier alpha value is -1.99. The largest absolute Gasteiger partial charge is 0.379 e. The molecule has 1 fully saturated rings. The molecule has 150 valence electrons. The summed E-state index contributed by atoms with van der Waals surface area (Å²) in [5, 5.41) is 7.29. The first kappa shape index (κ1) is 20.7. The van der Waals surface area contributed by atoms with Crippen LogP contribution in [0.4, 0.5) is 0 Å². The van der Waals surface area contributed by atoms with Gasteiger partial charge in [0.2, 0.25) is 0 Å². The highest BCUT2D eigenvalue weighted by Crippen LogP contribution is 2.11. The number of nitrogens with one attached hydrogen (secondary N) is 2. The lowest BCUT2D eigenvalue weighted by Gasteiger charge is -2.26. The molecule has 3 rings (SSSR count). The van der Waals surface area contributed by atoms with E-state index < -0.39 is 0 Å². The van der Waals surface area contributed by atoms with Gasteiger partial charge in [0.1, 0.15) is 0 Å². The van der Waals surface area contributed by atoms with E-state index in [2.05, 4.69) is 39.8 Å². The molecular formula is C22H29N3O2S. The number of nitrogens with zero attached hydrogens (tertiary/aromatic N) is 1. The van der Waals surface area contributed by atoms with E-state index in [9.17, 15) is 0 Å². The molecule has 2 aromatic carbocycles. The molecule has 0 spiro atoms. The Labute approximate surface area is 173 Å². The number of ether oxygens (including phenoxy) is 2. The first-order chi connectivity index (χ1) is 13.8. The van der Waals surface area contributed by atoms with Crippen molar-refractivity contribution in [3.63, 3.8) is 0 Å². The lowest BCUT2D eigenvalue weighted by molar-refractivity contribution is 0.0389. The summed E-state index contributed by atoms with van der Waals surface area (Å²) in [6.45, 7) is 7.36. The summed E-state index contributed by atoms with van der Waals surface area (Å²) < 4.78 is 11.3. The fourth-order valence-electron chi connectivity index (χ4n) is 3.11. The number of morpholine rings is 1. The van der Waals surface area contributed by atoms with Crippen LogP contribution in [0.2, 0.25) is 0 Å². The highest BCUT2D eigenvalue weighted by Gasteiger charge is 2.09. The smallest absolute Gasteiger partial charge is 0.166 e. The highest BCUT2D eigenvalue weighted by molar-refractivity contribution is 7.80. The van der Waals surface area contributed by atoms with E-state index in [0.717, 1.165) is 39.4 Å². The van der Waals surface area contributed by atoms with E-state index >= 15 is 0 Å². The number of hydrogen-bond donors (Lipinski definition) is 2. The van der Waals surface area contributed by atoms with Gasteiger partial charge >= 0.3 is 0 Å². The summed E-state index contributed by atoms with van der Waals surface area (Å²) in [7, 11) is 0. The van der Waals surface area contributed by atoms with E-state index in [1.54, 1.807) is 0 Å². The van der Waals surface area contributed by atoms with E-state index in [0.29, 0.717) is 24.9 Å². The van der Waals surface area contributed by atoms with Gasteiger partial charge in [-0.3, -0.25) is 4.90 Å². The minimum Gasteiger partial charge on any atom is -0.379 e. The van der Waals surface area contributed by atoms with Gasteiger partial charge in [0.15, 0.2) is 5.11 Å². The van der Waals surface area contributed by atoms with Crippen LogP contribution in [-0.4, -0.2) is 49.4 Å². The standard InChI is InChI=1S/C22H29N3O2S/c28-22(23-10-11-25-12-14-26-15-13-25)24-16-20-8-4-5-9-21(20)18-27-17-19-6-2-1-3-7-19/h1-9H,10-18H2,(H2,23,24,28). The molecule has 1 aliphatic heterocycles. The summed E-state index contributed by atoms with van der Waals surface area (Å²) >= 11 is 5.42. The van der Waals surface area contributed by atoms with Gasteiger partial charge in [0.05, 0.1) is 26.4 Å². The monoisotopic (exact) mass is 399 g/mol. The van der Waals surface area contributed by atoms with E-state index in [1.807, 2.05) is 30.3 Å². The maximum absolute atomic E-state index is 5.89. The number of benzene rings is 2. The summed E-state index contributed by atoms with van der Waals surface area (Å²) in [5.41, 5.74) is 3.57. The summed E-state index contributed by atoms with van der Waals surface area (Å²) in [5.74, 6) is 0. The van der Waals surface area contributed by atoms with Crippen molar-refractivity contribution in [1.29, 1.82) is 0 Å². The molecule has 0 bridgehead atoms. The molecular weight excluding hydrogens is 370 g/mol. The van der Waals surface area contributed by atoms with Crippen molar-refractivity contribution in [3.05, 3.63) is 71.3 Å². The quantitative estimate of drug-likeness (QED) is 0.632. The van der Waals surface area contributed by atoms with Gasteiger partial charge in [-0.25, -0.2) is 0 Å². The van der Waals surface area contributed by atoms with Crippen LogP contribution in [0.15, 0.2) is 54.6 Å². The fourth-order valence-corrected chi connectivity index (χ4v) is 3.29. The molecule has 0 aliphatic carbocycles. The fraction of sp³-hybridized carbons (Fsp3) is 0.409. The van der Waals surface area contributed by atoms with Crippen molar-refractivity contribution in [2.24, 2.45) is 0 Å². The van der Waals surface area contributed by atoms with Crippen LogP contribution in [0.25, 0.3) is 0 Å². The van der Waals surface area contributed by atoms with Crippen molar-refractivity contribution in [3.8, 4) is 0 Å². The van der Waals surface area contributed by atoms with E-state index in [4.69, 9.17) is 21.7 Å². The van der Waals surface area contributed by atoms with Crippen LogP contribution in [0.3, 0.4) is 0 Å². The summed E-state index contributed by atoms with van der Waals surface area (Å²) in [6, 6.07) is 18.6. The van der Waals surface area contributed by atoms with Crippen molar-refractivity contribution >= 4 is 17.3 Å². The minimum absolute atomic E-state index is 0.587. The van der Waals surface area contributed by atoms with Gasteiger partial charge in [-0.1, -0.05) is 54.6 Å². The van der Waals surface area contributed by atoms with Crippen LogP contribution >= 0.6 is 12.2 Å². The van der Waals surface area contributed by atoms with E-state index in [-0.39, 0.29) is 0 Å². The van der Waals surface area contributed by atoms with Gasteiger partial charge in [0, 0.05) is 32.7 Å². The molecule has 0 unspecified atom stereocenters. The van der Waals surface area contributed by atoms with Crippen LogP contribution in [0, 0.1) is 0 Å². The van der Waals surface area contributed by atoms with Crippen LogP contribution in [-0.2, 0) is 29.2 Å². The zero-order chi connectivity index (χ0) is 19.4. The molecule has 2 aromatic rings. The predicted molar refractivity (Wildman–Crippen MR) is 116 cm³/mol. The second kappa shape index (κ2) is 11.8. The normalized spacial score (nSPS) is 14.6. The first-order valence-electron chi connectivity index (χ1n) is 9.81. The molecule has 0 radical (unpaired) electrons. The van der Waals surface area contributed by atoms with Gasteiger partial charge in [-0.05, 0) is 28.9 Å². The van der Waals surface area contributed by atoms with Crippen molar-refractivity contribution in [2.75, 3.05) is 39.4 Å². The molecule has 1 saturated heterocycles. The molecule has 6 heteroatoms. The average Bonchev–Trinajstić information content (AvgIpc) is 2.74. The lowest BCUT2D eigenvalue weighted by atomic mass is 10.1. The zero-order valence-electron chi connectivity index (χ0n) is 16.2. The average molecular weight is 400 g/mol. The van der Waals surface area contributed by atoms with Crippen molar-refractivity contribution in [2.45, 2.75) is 19.8 Å². The Bertz CT molecular complexity index is 721. The summed E-state index contributed by atoms with van der Waals surface area (Å²) in [6.07, 6.45) is 0. The Morgan fingerprint density at radius 1 is 0.929 bits per heavy atom. The summed E-state index contributed by atoms with van der Waals surface area (Å²) in [4.78, 5) is 2.39. The molecule has 0 aromatic heterocycles. The maximum Gasteiger partial charge on any atom is 0.166 e. The SMILES string of the molecule is S=C(NCCN1CCOCC1)NCc1ccccc1COCc1ccccc1.